The fourth-order valence-electron chi connectivity index (χ4n) is 2.37. The Morgan fingerprint density at radius 2 is 1.21 bits per heavy atom. The Bertz CT molecular complexity index is 786. The number of nitrogens with two attached hydrogens (primary N) is 3. The molecule has 0 aromatic carbocycles. The molecule has 0 aliphatic rings. The second-order valence-electron chi connectivity index (χ2n) is 7.06. The topological polar surface area (TPSA) is 294 Å². The zero-order valence-electron chi connectivity index (χ0n) is 17.6. The van der Waals surface area contributed by atoms with E-state index in [0.29, 0.717) is 0 Å². The predicted octanol–water partition coefficient (Wildman–Crippen LogP) is -5.15. The van der Waals surface area contributed by atoms with Crippen molar-refractivity contribution in [2.75, 3.05) is 0 Å². The van der Waals surface area contributed by atoms with Gasteiger partial charge in [0.05, 0.1) is 18.9 Å². The summed E-state index contributed by atoms with van der Waals surface area (Å²) in [6, 6.07) is -6.62. The first-order chi connectivity index (χ1) is 15.1. The van der Waals surface area contributed by atoms with Crippen LogP contribution in [0.4, 0.5) is 0 Å². The van der Waals surface area contributed by atoms with Crippen molar-refractivity contribution in [1.29, 1.82) is 0 Å². The number of hydrogen-bond acceptors (Lipinski definition) is 9. The van der Waals surface area contributed by atoms with Crippen LogP contribution in [-0.2, 0) is 33.6 Å². The normalized spacial score (nSPS) is 15.1. The quantitative estimate of drug-likeness (QED) is 0.108. The molecule has 0 aliphatic heterocycles. The van der Waals surface area contributed by atoms with Crippen LogP contribution in [0.3, 0.4) is 0 Å². The van der Waals surface area contributed by atoms with Crippen LogP contribution in [0.2, 0.25) is 0 Å². The van der Waals surface area contributed by atoms with Crippen molar-refractivity contribution in [2.24, 2.45) is 17.2 Å². The summed E-state index contributed by atoms with van der Waals surface area (Å²) < 4.78 is 0. The minimum absolute atomic E-state index is 0.386. The lowest BCUT2D eigenvalue weighted by atomic mass is 10.1. The number of hydrogen-bond donors (Lipinski definition) is 9. The largest absolute Gasteiger partial charge is 0.481 e. The van der Waals surface area contributed by atoms with E-state index in [4.69, 9.17) is 22.3 Å². The van der Waals surface area contributed by atoms with Gasteiger partial charge < -0.3 is 48.5 Å². The first-order valence-electron chi connectivity index (χ1n) is 9.51. The summed E-state index contributed by atoms with van der Waals surface area (Å²) in [5, 5.41) is 33.6. The van der Waals surface area contributed by atoms with Crippen molar-refractivity contribution < 1.29 is 48.9 Å². The van der Waals surface area contributed by atoms with Gasteiger partial charge in [0.1, 0.15) is 24.2 Å². The number of nitrogens with one attached hydrogen (secondary N) is 3. The number of aliphatic carboxylic acids is 2. The molecule has 0 aromatic rings. The Balaban J connectivity index is 5.56. The van der Waals surface area contributed by atoms with Crippen LogP contribution in [0.1, 0.15) is 32.6 Å². The maximum atomic E-state index is 12.5. The number of carbonyl (C=O) groups excluding carboxylic acids is 5. The molecule has 0 bridgehead atoms. The van der Waals surface area contributed by atoms with Gasteiger partial charge in [0.25, 0.3) is 0 Å². The Hall–Kier alpha value is -3.79. The van der Waals surface area contributed by atoms with Gasteiger partial charge >= 0.3 is 11.9 Å². The average molecular weight is 476 g/mol. The number of aliphatic hydroxyl groups is 1. The van der Waals surface area contributed by atoms with E-state index in [0.717, 1.165) is 0 Å². The summed E-state index contributed by atoms with van der Waals surface area (Å²) in [7, 11) is 0. The predicted molar refractivity (Wildman–Crippen MR) is 108 cm³/mol. The smallest absolute Gasteiger partial charge is 0.326 e. The van der Waals surface area contributed by atoms with E-state index in [9.17, 15) is 43.8 Å². The fourth-order valence-corrected chi connectivity index (χ4v) is 2.37. The van der Waals surface area contributed by atoms with Crippen LogP contribution in [0.25, 0.3) is 0 Å². The lowest BCUT2D eigenvalue weighted by molar-refractivity contribution is -0.144. The molecule has 0 saturated heterocycles. The number of carboxylic acids is 2. The van der Waals surface area contributed by atoms with E-state index in [1.807, 2.05) is 16.0 Å². The van der Waals surface area contributed by atoms with Crippen LogP contribution in [0.5, 0.6) is 0 Å². The highest BCUT2D eigenvalue weighted by molar-refractivity contribution is 5.97. The molecule has 5 amide bonds. The first kappa shape index (κ1) is 29.2. The molecule has 33 heavy (non-hydrogen) atoms. The molecule has 0 saturated carbocycles. The van der Waals surface area contributed by atoms with Gasteiger partial charge in [-0.2, -0.15) is 0 Å². The minimum Gasteiger partial charge on any atom is -0.481 e. The van der Waals surface area contributed by atoms with Crippen LogP contribution in [-0.4, -0.2) is 87.1 Å². The zero-order chi connectivity index (χ0) is 25.9. The summed E-state index contributed by atoms with van der Waals surface area (Å²) >= 11 is 0. The zero-order valence-corrected chi connectivity index (χ0v) is 17.6. The van der Waals surface area contributed by atoms with Gasteiger partial charge in [-0.05, 0) is 13.3 Å². The number of carbonyl (C=O) groups is 7. The second-order valence-corrected chi connectivity index (χ2v) is 7.06. The molecule has 5 atom stereocenters. The van der Waals surface area contributed by atoms with E-state index in [1.54, 1.807) is 0 Å². The first-order valence-corrected chi connectivity index (χ1v) is 9.51. The molecule has 0 aliphatic carbocycles. The number of amides is 5. The third-order valence-electron chi connectivity index (χ3n) is 4.17. The molecule has 16 heteroatoms. The summed E-state index contributed by atoms with van der Waals surface area (Å²) in [5.41, 5.74) is 15.4. The standard InChI is InChI=1S/C17H28N6O10/c1-6(24)13(20)16(31)23-9(5-12(27)28)15(30)22-8(4-11(19)26)14(29)21-7(17(32)33)2-3-10(18)25/h6-9,13,24H,2-5,20H2,1H3,(H2,18,25)(H2,19,26)(H,21,29)(H,22,30)(H,23,31)(H,27,28)(H,32,33). The molecule has 186 valence electrons. The van der Waals surface area contributed by atoms with E-state index in [1.165, 1.54) is 6.92 Å². The minimum atomic E-state index is -1.77. The fraction of sp³-hybridized carbons (Fsp3) is 0.588. The molecule has 0 rings (SSSR count). The van der Waals surface area contributed by atoms with Gasteiger partial charge in [0, 0.05) is 6.42 Å². The van der Waals surface area contributed by atoms with Gasteiger partial charge in [-0.3, -0.25) is 28.8 Å². The molecule has 0 aromatic heterocycles. The lowest BCUT2D eigenvalue weighted by Crippen LogP contribution is -2.59. The van der Waals surface area contributed by atoms with Crippen molar-refractivity contribution in [2.45, 2.75) is 62.9 Å². The third-order valence-corrected chi connectivity index (χ3v) is 4.17. The third kappa shape index (κ3) is 11.4. The van der Waals surface area contributed by atoms with Gasteiger partial charge in [-0.1, -0.05) is 0 Å². The van der Waals surface area contributed by atoms with Gasteiger partial charge in [0.15, 0.2) is 0 Å². The maximum Gasteiger partial charge on any atom is 0.326 e. The Kier molecular flexibility index (Phi) is 12.0. The summed E-state index contributed by atoms with van der Waals surface area (Å²) in [6.07, 6.45) is -3.87. The number of aliphatic hydroxyl groups excluding tert-OH is 1. The van der Waals surface area contributed by atoms with Crippen LogP contribution < -0.4 is 33.2 Å². The molecule has 0 radical (unpaired) electrons. The average Bonchev–Trinajstić information content (AvgIpc) is 2.67. The number of carboxylic acid groups (broad SMARTS) is 2. The molecule has 12 N–H and O–H groups in total. The van der Waals surface area contributed by atoms with Crippen molar-refractivity contribution in [3.05, 3.63) is 0 Å². The molecular weight excluding hydrogens is 448 g/mol. The molecule has 0 heterocycles. The van der Waals surface area contributed by atoms with E-state index in [2.05, 4.69) is 0 Å². The highest BCUT2D eigenvalue weighted by Gasteiger charge is 2.32. The van der Waals surface area contributed by atoms with E-state index >= 15 is 0 Å². The van der Waals surface area contributed by atoms with Crippen molar-refractivity contribution in [3.63, 3.8) is 0 Å². The molecule has 16 nitrogen and oxygen atoms in total. The Labute approximate surface area is 187 Å². The highest BCUT2D eigenvalue weighted by atomic mass is 16.4. The van der Waals surface area contributed by atoms with Gasteiger partial charge in [-0.25, -0.2) is 4.79 Å². The molecule has 0 fully saturated rings. The summed E-state index contributed by atoms with van der Waals surface area (Å²) in [4.78, 5) is 81.6. The van der Waals surface area contributed by atoms with Crippen LogP contribution >= 0.6 is 0 Å². The van der Waals surface area contributed by atoms with Gasteiger partial charge in [0.2, 0.25) is 29.5 Å². The summed E-state index contributed by atoms with van der Waals surface area (Å²) in [5.74, 6) is -8.44. The van der Waals surface area contributed by atoms with Crippen molar-refractivity contribution >= 4 is 41.5 Å². The van der Waals surface area contributed by atoms with Gasteiger partial charge in [-0.15, -0.1) is 0 Å². The Morgan fingerprint density at radius 1 is 0.758 bits per heavy atom. The van der Waals surface area contributed by atoms with Crippen LogP contribution in [0, 0.1) is 0 Å². The monoisotopic (exact) mass is 476 g/mol. The second kappa shape index (κ2) is 13.6. The highest BCUT2D eigenvalue weighted by Crippen LogP contribution is 2.03. The molecular formula is C17H28N6O10. The summed E-state index contributed by atoms with van der Waals surface area (Å²) in [6.45, 7) is 1.18. The lowest BCUT2D eigenvalue weighted by Gasteiger charge is -2.24. The Morgan fingerprint density at radius 3 is 1.61 bits per heavy atom. The maximum absolute atomic E-state index is 12.5. The molecule has 0 spiro atoms. The van der Waals surface area contributed by atoms with E-state index < -0.39 is 84.6 Å². The molecule has 5 unspecified atom stereocenters. The number of rotatable bonds is 15. The van der Waals surface area contributed by atoms with E-state index in [-0.39, 0.29) is 12.8 Å². The number of primary amides is 2. The van der Waals surface area contributed by atoms with Crippen LogP contribution in [0.15, 0.2) is 0 Å². The SMILES string of the molecule is CC(O)C(N)C(=O)NC(CC(=O)O)C(=O)NC(CC(N)=O)C(=O)NC(CCC(N)=O)C(=O)O. The van der Waals surface area contributed by atoms with Crippen molar-refractivity contribution in [3.8, 4) is 0 Å². The van der Waals surface area contributed by atoms with Crippen molar-refractivity contribution in [1.82, 2.24) is 16.0 Å².